The third-order valence-electron chi connectivity index (χ3n) is 6.06. The second kappa shape index (κ2) is 8.72. The molecule has 0 saturated heterocycles. The summed E-state index contributed by atoms with van der Waals surface area (Å²) in [6.45, 7) is 7.33. The van der Waals surface area contributed by atoms with Crippen molar-refractivity contribution in [1.82, 2.24) is 9.55 Å². The van der Waals surface area contributed by atoms with Crippen molar-refractivity contribution >= 4 is 35.0 Å². The van der Waals surface area contributed by atoms with E-state index in [4.69, 9.17) is 9.47 Å². The number of aromatic nitrogens is 2. The van der Waals surface area contributed by atoms with Gasteiger partial charge in [-0.2, -0.15) is 0 Å². The number of anilines is 2. The van der Waals surface area contributed by atoms with Gasteiger partial charge in [-0.25, -0.2) is 4.98 Å². The number of benzene rings is 2. The van der Waals surface area contributed by atoms with E-state index in [1.807, 2.05) is 49.5 Å². The number of hydrogen-bond donors (Lipinski definition) is 1. The molecule has 3 aromatic rings. The minimum absolute atomic E-state index is 0.149. The molecule has 176 valence electrons. The van der Waals surface area contributed by atoms with Crippen LogP contribution >= 0.6 is 11.8 Å². The van der Waals surface area contributed by atoms with Crippen LogP contribution < -0.4 is 19.7 Å². The zero-order chi connectivity index (χ0) is 23.9. The third-order valence-corrected chi connectivity index (χ3v) is 7.03. The number of rotatable bonds is 5. The monoisotopic (exact) mass is 478 g/mol. The first kappa shape index (κ1) is 22.3. The maximum absolute atomic E-state index is 13.4. The summed E-state index contributed by atoms with van der Waals surface area (Å²) in [5.74, 6) is 1.26. The number of fused-ring (bicyclic) bond motifs is 2. The standard InChI is InChI=1S/C25H26N4O4S/c1-4-28-19(16-9-10-20-21(13-16)33-12-11-32-20)14-26-24(28)34-15-22(30)29-18-8-6-5-7-17(18)27-23(31)25(29,2)3/h5-10,13-14H,4,11-12,15H2,1-3H3,(H,27,31). The number of ether oxygens (including phenoxy) is 2. The van der Waals surface area contributed by atoms with Crippen molar-refractivity contribution in [3.63, 3.8) is 0 Å². The fourth-order valence-electron chi connectivity index (χ4n) is 4.30. The van der Waals surface area contributed by atoms with E-state index in [1.54, 1.807) is 24.8 Å². The van der Waals surface area contributed by atoms with Crippen LogP contribution in [-0.2, 0) is 16.1 Å². The summed E-state index contributed by atoms with van der Waals surface area (Å²) in [6.07, 6.45) is 1.81. The molecular weight excluding hydrogens is 452 g/mol. The molecule has 2 aliphatic heterocycles. The first-order valence-electron chi connectivity index (χ1n) is 11.2. The molecule has 2 aromatic carbocycles. The number of carbonyl (C=O) groups excluding carboxylic acids is 2. The van der Waals surface area contributed by atoms with Gasteiger partial charge in [-0.05, 0) is 51.1 Å². The number of hydrogen-bond acceptors (Lipinski definition) is 6. The van der Waals surface area contributed by atoms with Crippen molar-refractivity contribution in [2.75, 3.05) is 29.2 Å². The van der Waals surface area contributed by atoms with Gasteiger partial charge in [0.1, 0.15) is 18.8 Å². The highest BCUT2D eigenvalue weighted by molar-refractivity contribution is 7.99. The minimum atomic E-state index is -0.997. The lowest BCUT2D eigenvalue weighted by molar-refractivity contribution is -0.125. The Labute approximate surface area is 202 Å². The van der Waals surface area contributed by atoms with Crippen LogP contribution in [0.5, 0.6) is 11.5 Å². The first-order valence-corrected chi connectivity index (χ1v) is 12.2. The summed E-state index contributed by atoms with van der Waals surface area (Å²) in [7, 11) is 0. The van der Waals surface area contributed by atoms with Gasteiger partial charge in [0.05, 0.1) is 29.0 Å². The number of imidazole rings is 1. The SMILES string of the molecule is CCn1c(-c2ccc3c(c2)OCCO3)cnc1SCC(=O)N1c2ccccc2NC(=O)C1(C)C. The maximum Gasteiger partial charge on any atom is 0.250 e. The van der Waals surface area contributed by atoms with E-state index in [0.29, 0.717) is 31.1 Å². The Bertz CT molecular complexity index is 1270. The van der Waals surface area contributed by atoms with Crippen LogP contribution in [0.3, 0.4) is 0 Å². The molecule has 34 heavy (non-hydrogen) atoms. The molecule has 1 N–H and O–H groups in total. The van der Waals surface area contributed by atoms with Crippen molar-refractivity contribution in [1.29, 1.82) is 0 Å². The number of para-hydroxylation sites is 2. The average Bonchev–Trinajstić information content (AvgIpc) is 3.26. The van der Waals surface area contributed by atoms with Gasteiger partial charge in [-0.3, -0.25) is 14.5 Å². The summed E-state index contributed by atoms with van der Waals surface area (Å²) in [5, 5.41) is 3.64. The smallest absolute Gasteiger partial charge is 0.250 e. The van der Waals surface area contributed by atoms with E-state index in [-0.39, 0.29) is 17.6 Å². The molecular formula is C25H26N4O4S. The largest absolute Gasteiger partial charge is 0.486 e. The fourth-order valence-corrected chi connectivity index (χ4v) is 5.19. The zero-order valence-corrected chi connectivity index (χ0v) is 20.1. The number of nitrogens with zero attached hydrogens (tertiary/aromatic N) is 3. The van der Waals surface area contributed by atoms with Gasteiger partial charge in [-0.15, -0.1) is 0 Å². The number of amides is 2. The molecule has 2 amide bonds. The van der Waals surface area contributed by atoms with Gasteiger partial charge < -0.3 is 19.4 Å². The molecule has 1 aromatic heterocycles. The van der Waals surface area contributed by atoms with Crippen LogP contribution in [0, 0.1) is 0 Å². The van der Waals surface area contributed by atoms with Crippen molar-refractivity contribution in [2.45, 2.75) is 38.0 Å². The highest BCUT2D eigenvalue weighted by Crippen LogP contribution is 2.38. The van der Waals surface area contributed by atoms with Crippen LogP contribution in [-0.4, -0.2) is 45.9 Å². The number of nitrogens with one attached hydrogen (secondary N) is 1. The molecule has 0 saturated carbocycles. The Kier molecular flexibility index (Phi) is 5.73. The third kappa shape index (κ3) is 3.79. The van der Waals surface area contributed by atoms with E-state index in [9.17, 15) is 9.59 Å². The van der Waals surface area contributed by atoms with Crippen molar-refractivity contribution < 1.29 is 19.1 Å². The van der Waals surface area contributed by atoms with Crippen molar-refractivity contribution in [3.05, 3.63) is 48.7 Å². The highest BCUT2D eigenvalue weighted by Gasteiger charge is 2.43. The van der Waals surface area contributed by atoms with Crippen LogP contribution in [0.4, 0.5) is 11.4 Å². The summed E-state index contributed by atoms with van der Waals surface area (Å²) < 4.78 is 13.4. The van der Waals surface area contributed by atoms with Gasteiger partial charge in [0.2, 0.25) is 11.8 Å². The molecule has 0 unspecified atom stereocenters. The lowest BCUT2D eigenvalue weighted by Crippen LogP contribution is -2.59. The summed E-state index contributed by atoms with van der Waals surface area (Å²) >= 11 is 1.37. The molecule has 0 fully saturated rings. The predicted octanol–water partition coefficient (Wildman–Crippen LogP) is 4.20. The minimum Gasteiger partial charge on any atom is -0.486 e. The van der Waals surface area contributed by atoms with E-state index in [2.05, 4.69) is 14.9 Å². The number of thioether (sulfide) groups is 1. The van der Waals surface area contributed by atoms with Crippen LogP contribution in [0.2, 0.25) is 0 Å². The van der Waals surface area contributed by atoms with E-state index in [1.165, 1.54) is 11.8 Å². The summed E-state index contributed by atoms with van der Waals surface area (Å²) in [6, 6.07) is 13.2. The summed E-state index contributed by atoms with van der Waals surface area (Å²) in [5.41, 5.74) is 2.26. The normalized spacial score (nSPS) is 16.1. The van der Waals surface area contributed by atoms with E-state index >= 15 is 0 Å². The number of carbonyl (C=O) groups is 2. The van der Waals surface area contributed by atoms with Crippen LogP contribution in [0.25, 0.3) is 11.3 Å². The Morgan fingerprint density at radius 1 is 1.15 bits per heavy atom. The molecule has 9 heteroatoms. The Morgan fingerprint density at radius 2 is 1.91 bits per heavy atom. The van der Waals surface area contributed by atoms with Gasteiger partial charge >= 0.3 is 0 Å². The molecule has 0 atom stereocenters. The molecule has 0 spiro atoms. The molecule has 3 heterocycles. The average molecular weight is 479 g/mol. The Hall–Kier alpha value is -3.46. The van der Waals surface area contributed by atoms with Crippen LogP contribution in [0.15, 0.2) is 53.8 Å². The Balaban J connectivity index is 1.38. The van der Waals surface area contributed by atoms with Crippen molar-refractivity contribution in [3.8, 4) is 22.8 Å². The lowest BCUT2D eigenvalue weighted by Gasteiger charge is -2.42. The predicted molar refractivity (Wildman–Crippen MR) is 132 cm³/mol. The topological polar surface area (TPSA) is 85.7 Å². The molecule has 8 nitrogen and oxygen atoms in total. The zero-order valence-electron chi connectivity index (χ0n) is 19.3. The molecule has 0 bridgehead atoms. The summed E-state index contributed by atoms with van der Waals surface area (Å²) in [4.78, 5) is 32.3. The van der Waals surface area contributed by atoms with Gasteiger partial charge in [0.25, 0.3) is 0 Å². The molecule has 0 radical (unpaired) electrons. The fraction of sp³-hybridized carbons (Fsp3) is 0.320. The van der Waals surface area contributed by atoms with Gasteiger partial charge in [0, 0.05) is 12.1 Å². The lowest BCUT2D eigenvalue weighted by atomic mass is 9.96. The van der Waals surface area contributed by atoms with Crippen LogP contribution in [0.1, 0.15) is 20.8 Å². The first-order chi connectivity index (χ1) is 16.4. The maximum atomic E-state index is 13.4. The van der Waals surface area contributed by atoms with Crippen molar-refractivity contribution in [2.24, 2.45) is 0 Å². The quantitative estimate of drug-likeness (QED) is 0.554. The molecule has 0 aliphatic carbocycles. The van der Waals surface area contributed by atoms with Gasteiger partial charge in [0.15, 0.2) is 16.7 Å². The van der Waals surface area contributed by atoms with E-state index in [0.717, 1.165) is 27.9 Å². The highest BCUT2D eigenvalue weighted by atomic mass is 32.2. The molecule has 2 aliphatic rings. The van der Waals surface area contributed by atoms with Gasteiger partial charge in [-0.1, -0.05) is 23.9 Å². The molecule has 5 rings (SSSR count). The second-order valence-corrected chi connectivity index (χ2v) is 9.52. The Morgan fingerprint density at radius 3 is 2.71 bits per heavy atom. The second-order valence-electron chi connectivity index (χ2n) is 8.58. The van der Waals surface area contributed by atoms with E-state index < -0.39 is 5.54 Å².